The van der Waals surface area contributed by atoms with Gasteiger partial charge in [0.05, 0.1) is 15.7 Å². The molecule has 2 rings (SSSR count). The van der Waals surface area contributed by atoms with E-state index in [1.54, 1.807) is 0 Å². The zero-order valence-electron chi connectivity index (χ0n) is 10.5. The topological polar surface area (TPSA) is 71.4 Å². The molecule has 1 aliphatic carbocycles. The van der Waals surface area contributed by atoms with E-state index in [1.165, 1.54) is 19.1 Å². The lowest BCUT2D eigenvalue weighted by molar-refractivity contribution is 0.0696. The molecule has 1 aromatic rings. The minimum absolute atomic E-state index is 0.0518. The van der Waals surface area contributed by atoms with E-state index in [0.717, 1.165) is 12.8 Å². The third-order valence-corrected chi connectivity index (χ3v) is 6.21. The molecule has 0 amide bonds. The number of carboxylic acids is 1. The Morgan fingerprint density at radius 2 is 1.89 bits per heavy atom. The lowest BCUT2D eigenvalue weighted by Crippen LogP contribution is -2.20. The van der Waals surface area contributed by atoms with Gasteiger partial charge in [0.1, 0.15) is 0 Å². The summed E-state index contributed by atoms with van der Waals surface area (Å²) in [6, 6.07) is 2.64. The molecule has 0 saturated heterocycles. The maximum absolute atomic E-state index is 12.5. The number of carbonyl (C=O) groups is 1. The van der Waals surface area contributed by atoms with Crippen LogP contribution < -0.4 is 0 Å². The van der Waals surface area contributed by atoms with Gasteiger partial charge in [-0.15, -0.1) is 0 Å². The number of benzene rings is 1. The first-order chi connectivity index (χ1) is 8.84. The van der Waals surface area contributed by atoms with Gasteiger partial charge in [-0.05, 0) is 37.5 Å². The second-order valence-corrected chi connectivity index (χ2v) is 7.47. The first kappa shape index (κ1) is 14.3. The van der Waals surface area contributed by atoms with Crippen LogP contribution in [0.4, 0.5) is 0 Å². The quantitative estimate of drug-likeness (QED) is 0.931. The van der Waals surface area contributed by atoms with Gasteiger partial charge in [-0.3, -0.25) is 0 Å². The molecule has 19 heavy (non-hydrogen) atoms. The lowest BCUT2D eigenvalue weighted by Gasteiger charge is -2.15. The predicted molar refractivity (Wildman–Crippen MR) is 72.6 cm³/mol. The van der Waals surface area contributed by atoms with Crippen molar-refractivity contribution in [3.63, 3.8) is 0 Å². The van der Waals surface area contributed by atoms with Crippen LogP contribution in [-0.2, 0) is 9.84 Å². The van der Waals surface area contributed by atoms with Crippen LogP contribution in [0, 0.1) is 6.92 Å². The maximum Gasteiger partial charge on any atom is 0.336 e. The number of rotatable bonds is 3. The zero-order valence-corrected chi connectivity index (χ0v) is 12.1. The van der Waals surface area contributed by atoms with E-state index >= 15 is 0 Å². The highest BCUT2D eigenvalue weighted by molar-refractivity contribution is 7.92. The van der Waals surface area contributed by atoms with Crippen molar-refractivity contribution in [2.24, 2.45) is 0 Å². The number of hydrogen-bond acceptors (Lipinski definition) is 3. The van der Waals surface area contributed by atoms with E-state index in [0.29, 0.717) is 12.8 Å². The summed E-state index contributed by atoms with van der Waals surface area (Å²) in [5.41, 5.74) is 0.216. The van der Waals surface area contributed by atoms with Gasteiger partial charge >= 0.3 is 5.97 Å². The Morgan fingerprint density at radius 1 is 1.32 bits per heavy atom. The average molecular weight is 303 g/mol. The fourth-order valence-electron chi connectivity index (χ4n) is 2.55. The van der Waals surface area contributed by atoms with E-state index in [2.05, 4.69) is 0 Å². The summed E-state index contributed by atoms with van der Waals surface area (Å²) in [5, 5.41) is 8.82. The second-order valence-electron chi connectivity index (χ2n) is 4.83. The summed E-state index contributed by atoms with van der Waals surface area (Å²) < 4.78 is 25.1. The molecule has 1 aromatic carbocycles. The summed E-state index contributed by atoms with van der Waals surface area (Å²) in [5.74, 6) is -1.16. The van der Waals surface area contributed by atoms with E-state index in [1.807, 2.05) is 0 Å². The molecular formula is C13H15ClO4S. The smallest absolute Gasteiger partial charge is 0.336 e. The largest absolute Gasteiger partial charge is 0.478 e. The summed E-state index contributed by atoms with van der Waals surface area (Å²) in [6.07, 6.45) is 3.07. The summed E-state index contributed by atoms with van der Waals surface area (Å²) in [6.45, 7) is 1.52. The van der Waals surface area contributed by atoms with Gasteiger partial charge in [0, 0.05) is 5.02 Å². The molecule has 0 bridgehead atoms. The Kier molecular flexibility index (Phi) is 3.87. The Labute approximate surface area is 117 Å². The number of carboxylic acid groups (broad SMARTS) is 1. The first-order valence-electron chi connectivity index (χ1n) is 6.11. The van der Waals surface area contributed by atoms with Gasteiger partial charge < -0.3 is 5.11 Å². The molecule has 1 saturated carbocycles. The van der Waals surface area contributed by atoms with Crippen molar-refractivity contribution in [1.29, 1.82) is 0 Å². The second kappa shape index (κ2) is 5.13. The van der Waals surface area contributed by atoms with Gasteiger partial charge in [-0.1, -0.05) is 24.4 Å². The highest BCUT2D eigenvalue weighted by Gasteiger charge is 2.32. The van der Waals surface area contributed by atoms with Crippen molar-refractivity contribution in [3.8, 4) is 0 Å². The molecule has 4 nitrogen and oxygen atoms in total. The number of hydrogen-bond donors (Lipinski definition) is 1. The van der Waals surface area contributed by atoms with Crippen molar-refractivity contribution in [1.82, 2.24) is 0 Å². The van der Waals surface area contributed by atoms with Crippen LogP contribution in [0.3, 0.4) is 0 Å². The average Bonchev–Trinajstić information content (AvgIpc) is 2.85. The Balaban J connectivity index is 2.59. The van der Waals surface area contributed by atoms with Gasteiger partial charge in [-0.25, -0.2) is 13.2 Å². The molecule has 1 N–H and O–H groups in total. The Morgan fingerprint density at radius 3 is 2.42 bits per heavy atom. The normalized spacial score (nSPS) is 16.7. The van der Waals surface area contributed by atoms with Crippen molar-refractivity contribution in [3.05, 3.63) is 28.3 Å². The highest BCUT2D eigenvalue weighted by atomic mass is 35.5. The fraction of sp³-hybridized carbons (Fsp3) is 0.462. The van der Waals surface area contributed by atoms with Crippen LogP contribution in [0.5, 0.6) is 0 Å². The van der Waals surface area contributed by atoms with Crippen molar-refractivity contribution < 1.29 is 18.3 Å². The van der Waals surface area contributed by atoms with Crippen LogP contribution in [0.15, 0.2) is 17.0 Å². The molecule has 0 spiro atoms. The first-order valence-corrected chi connectivity index (χ1v) is 8.04. The Hall–Kier alpha value is -1.07. The van der Waals surface area contributed by atoms with Crippen molar-refractivity contribution >= 4 is 27.4 Å². The van der Waals surface area contributed by atoms with Crippen LogP contribution in [0.25, 0.3) is 0 Å². The minimum Gasteiger partial charge on any atom is -0.478 e. The van der Waals surface area contributed by atoms with Crippen molar-refractivity contribution in [2.75, 3.05) is 0 Å². The SMILES string of the molecule is Cc1c(C(=O)O)cc(Cl)cc1S(=O)(=O)C1CCCC1. The molecule has 0 unspecified atom stereocenters. The molecule has 1 fully saturated rings. The van der Waals surface area contributed by atoms with Crippen LogP contribution in [0.2, 0.25) is 5.02 Å². The van der Waals surface area contributed by atoms with E-state index in [9.17, 15) is 13.2 Å². The van der Waals surface area contributed by atoms with E-state index in [-0.39, 0.29) is 21.0 Å². The molecule has 0 radical (unpaired) electrons. The lowest BCUT2D eigenvalue weighted by atomic mass is 10.1. The van der Waals surface area contributed by atoms with Gasteiger partial charge in [0.2, 0.25) is 0 Å². The molecule has 0 aromatic heterocycles. The van der Waals surface area contributed by atoms with Crippen molar-refractivity contribution in [2.45, 2.75) is 42.8 Å². The molecule has 0 aliphatic heterocycles. The van der Waals surface area contributed by atoms with E-state index < -0.39 is 21.1 Å². The monoisotopic (exact) mass is 302 g/mol. The molecule has 1 aliphatic rings. The summed E-state index contributed by atoms with van der Waals surface area (Å²) >= 11 is 5.85. The van der Waals surface area contributed by atoms with Crippen LogP contribution >= 0.6 is 11.6 Å². The predicted octanol–water partition coefficient (Wildman–Crippen LogP) is 3.06. The van der Waals surface area contributed by atoms with Gasteiger partial charge in [0.15, 0.2) is 9.84 Å². The zero-order chi connectivity index (χ0) is 14.2. The maximum atomic E-state index is 12.5. The van der Waals surface area contributed by atoms with Crippen LogP contribution in [-0.4, -0.2) is 24.7 Å². The Bertz CT molecular complexity index is 616. The van der Waals surface area contributed by atoms with E-state index in [4.69, 9.17) is 16.7 Å². The number of aromatic carboxylic acids is 1. The standard InChI is InChI=1S/C13H15ClO4S/c1-8-11(13(15)16)6-9(14)7-12(8)19(17,18)10-4-2-3-5-10/h6-7,10H,2-5H2,1H3,(H,15,16). The summed E-state index contributed by atoms with van der Waals surface area (Å²) in [4.78, 5) is 11.2. The molecule has 0 heterocycles. The van der Waals surface area contributed by atoms with Gasteiger partial charge in [-0.2, -0.15) is 0 Å². The fourth-order valence-corrected chi connectivity index (χ4v) is 4.97. The minimum atomic E-state index is -3.50. The summed E-state index contributed by atoms with van der Waals surface area (Å²) in [7, 11) is -3.50. The number of halogens is 1. The van der Waals surface area contributed by atoms with Gasteiger partial charge in [0.25, 0.3) is 0 Å². The highest BCUT2D eigenvalue weighted by Crippen LogP contribution is 2.33. The molecular weight excluding hydrogens is 288 g/mol. The van der Waals surface area contributed by atoms with Crippen LogP contribution in [0.1, 0.15) is 41.6 Å². The molecule has 0 atom stereocenters. The number of sulfone groups is 1. The molecule has 104 valence electrons. The molecule has 6 heteroatoms. The third kappa shape index (κ3) is 2.62. The third-order valence-electron chi connectivity index (χ3n) is 3.60.